The third-order valence-corrected chi connectivity index (χ3v) is 7.16. The van der Waals surface area contributed by atoms with E-state index in [-0.39, 0.29) is 28.0 Å². The number of fused-ring (bicyclic) bond motifs is 1. The number of nitrogens with one attached hydrogen (secondary N) is 2. The Morgan fingerprint density at radius 2 is 1.70 bits per heavy atom. The number of aromatic nitrogens is 1. The van der Waals surface area contributed by atoms with Gasteiger partial charge in [-0.1, -0.05) is 13.8 Å². The SMILES string of the molecule is CCOC(=O)c1c[nH]c2ccc(NC(=O)c3ccc(S(=O)(=O)N(CC)CC)cc3)cc2c1=O. The van der Waals surface area contributed by atoms with E-state index in [9.17, 15) is 22.8 Å². The highest BCUT2D eigenvalue weighted by atomic mass is 32.2. The fourth-order valence-electron chi connectivity index (χ4n) is 3.35. The van der Waals surface area contributed by atoms with Crippen LogP contribution >= 0.6 is 0 Å². The summed E-state index contributed by atoms with van der Waals surface area (Å²) in [4.78, 5) is 40.3. The lowest BCUT2D eigenvalue weighted by molar-refractivity contribution is 0.0524. The fraction of sp³-hybridized carbons (Fsp3) is 0.261. The normalized spacial score (nSPS) is 11.5. The number of carbonyl (C=O) groups excluding carboxylic acids is 2. The quantitative estimate of drug-likeness (QED) is 0.487. The number of rotatable bonds is 8. The zero-order valence-corrected chi connectivity index (χ0v) is 19.4. The molecule has 10 heteroatoms. The van der Waals surface area contributed by atoms with Crippen LogP contribution in [-0.2, 0) is 14.8 Å². The second-order valence-corrected chi connectivity index (χ2v) is 9.02. The number of anilines is 1. The summed E-state index contributed by atoms with van der Waals surface area (Å²) in [7, 11) is -3.62. The Kier molecular flexibility index (Phi) is 7.29. The van der Waals surface area contributed by atoms with Gasteiger partial charge < -0.3 is 15.0 Å². The molecule has 0 fully saturated rings. The van der Waals surface area contributed by atoms with Crippen LogP contribution in [-0.4, -0.2) is 49.3 Å². The molecular weight excluding hydrogens is 446 g/mol. The third-order valence-electron chi connectivity index (χ3n) is 5.09. The molecule has 0 aliphatic rings. The highest BCUT2D eigenvalue weighted by Gasteiger charge is 2.22. The molecule has 0 atom stereocenters. The first kappa shape index (κ1) is 24.1. The first-order chi connectivity index (χ1) is 15.7. The Bertz CT molecular complexity index is 1340. The van der Waals surface area contributed by atoms with Crippen molar-refractivity contribution < 1.29 is 22.7 Å². The zero-order valence-electron chi connectivity index (χ0n) is 18.5. The topological polar surface area (TPSA) is 126 Å². The average molecular weight is 472 g/mol. The molecule has 0 saturated heterocycles. The maximum absolute atomic E-state index is 12.7. The van der Waals surface area contributed by atoms with Gasteiger partial charge in [0.15, 0.2) is 0 Å². The predicted octanol–water partition coefficient (Wildman–Crippen LogP) is 2.99. The standard InChI is InChI=1S/C23H25N3O6S/c1-4-26(5-2)33(30,31)17-10-7-15(8-11-17)22(28)25-16-9-12-20-18(13-16)21(27)19(14-24-20)23(29)32-6-3/h7-14H,4-6H2,1-3H3,(H,24,27)(H,25,28). The summed E-state index contributed by atoms with van der Waals surface area (Å²) in [5.74, 6) is -1.20. The van der Waals surface area contributed by atoms with Gasteiger partial charge in [-0.15, -0.1) is 0 Å². The van der Waals surface area contributed by atoms with Gasteiger partial charge in [-0.25, -0.2) is 13.2 Å². The zero-order chi connectivity index (χ0) is 24.2. The smallest absolute Gasteiger partial charge is 0.343 e. The second-order valence-electron chi connectivity index (χ2n) is 7.08. The molecule has 1 amide bonds. The van der Waals surface area contributed by atoms with E-state index in [1.165, 1.54) is 40.8 Å². The molecule has 0 radical (unpaired) electrons. The van der Waals surface area contributed by atoms with E-state index in [2.05, 4.69) is 10.3 Å². The van der Waals surface area contributed by atoms with E-state index in [4.69, 9.17) is 4.74 Å². The number of aromatic amines is 1. The molecular formula is C23H25N3O6S. The van der Waals surface area contributed by atoms with Crippen LogP contribution in [0.2, 0.25) is 0 Å². The summed E-state index contributed by atoms with van der Waals surface area (Å²) in [6.45, 7) is 5.99. The summed E-state index contributed by atoms with van der Waals surface area (Å²) in [5.41, 5.74) is 0.459. The number of esters is 1. The van der Waals surface area contributed by atoms with E-state index >= 15 is 0 Å². The van der Waals surface area contributed by atoms with Crippen molar-refractivity contribution in [1.82, 2.24) is 9.29 Å². The van der Waals surface area contributed by atoms with Crippen LogP contribution in [0.1, 0.15) is 41.5 Å². The summed E-state index contributed by atoms with van der Waals surface area (Å²) < 4.78 is 31.4. The molecule has 0 unspecified atom stereocenters. The molecule has 0 spiro atoms. The van der Waals surface area contributed by atoms with Gasteiger partial charge in [-0.3, -0.25) is 9.59 Å². The predicted molar refractivity (Wildman–Crippen MR) is 125 cm³/mol. The van der Waals surface area contributed by atoms with Crippen molar-refractivity contribution in [3.63, 3.8) is 0 Å². The number of ether oxygens (including phenoxy) is 1. The molecule has 2 aromatic carbocycles. The van der Waals surface area contributed by atoms with E-state index in [1.54, 1.807) is 32.9 Å². The first-order valence-corrected chi connectivity index (χ1v) is 11.9. The van der Waals surface area contributed by atoms with E-state index in [1.807, 2.05) is 0 Å². The van der Waals surface area contributed by atoms with Crippen LogP contribution < -0.4 is 10.7 Å². The Morgan fingerprint density at radius 3 is 2.30 bits per heavy atom. The molecule has 3 rings (SSSR count). The van der Waals surface area contributed by atoms with Crippen molar-refractivity contribution in [2.45, 2.75) is 25.7 Å². The van der Waals surface area contributed by atoms with E-state index < -0.39 is 27.3 Å². The molecule has 9 nitrogen and oxygen atoms in total. The number of amides is 1. The van der Waals surface area contributed by atoms with Gasteiger partial charge in [-0.2, -0.15) is 4.31 Å². The van der Waals surface area contributed by atoms with Crippen LogP contribution in [0.25, 0.3) is 10.9 Å². The minimum absolute atomic E-state index is 0.103. The largest absolute Gasteiger partial charge is 0.462 e. The highest BCUT2D eigenvalue weighted by molar-refractivity contribution is 7.89. The van der Waals surface area contributed by atoms with Gasteiger partial charge in [0.05, 0.1) is 11.5 Å². The van der Waals surface area contributed by atoms with Crippen molar-refractivity contribution in [2.75, 3.05) is 25.0 Å². The van der Waals surface area contributed by atoms with Gasteiger partial charge in [0.2, 0.25) is 15.5 Å². The lowest BCUT2D eigenvalue weighted by Crippen LogP contribution is -2.30. The van der Waals surface area contributed by atoms with E-state index in [0.29, 0.717) is 24.3 Å². The van der Waals surface area contributed by atoms with Crippen molar-refractivity contribution in [3.05, 3.63) is 70.0 Å². The number of H-pyrrole nitrogens is 1. The number of pyridine rings is 1. The van der Waals surface area contributed by atoms with Crippen molar-refractivity contribution in [1.29, 1.82) is 0 Å². The minimum atomic E-state index is -3.62. The molecule has 1 heterocycles. The monoisotopic (exact) mass is 471 g/mol. The number of benzene rings is 2. The van der Waals surface area contributed by atoms with Crippen LogP contribution in [0.15, 0.2) is 58.4 Å². The van der Waals surface area contributed by atoms with Crippen molar-refractivity contribution in [3.8, 4) is 0 Å². The fourth-order valence-corrected chi connectivity index (χ4v) is 4.81. The first-order valence-electron chi connectivity index (χ1n) is 10.5. The Balaban J connectivity index is 1.85. The molecule has 174 valence electrons. The summed E-state index contributed by atoms with van der Waals surface area (Å²) >= 11 is 0. The summed E-state index contributed by atoms with van der Waals surface area (Å²) in [6.07, 6.45) is 1.30. The number of hydrogen-bond acceptors (Lipinski definition) is 6. The van der Waals surface area contributed by atoms with Gasteiger partial charge >= 0.3 is 5.97 Å². The molecule has 0 bridgehead atoms. The van der Waals surface area contributed by atoms with Gasteiger partial charge in [0, 0.05) is 41.4 Å². The molecule has 33 heavy (non-hydrogen) atoms. The van der Waals surface area contributed by atoms with Crippen molar-refractivity contribution >= 4 is 38.5 Å². The molecule has 0 aliphatic heterocycles. The highest BCUT2D eigenvalue weighted by Crippen LogP contribution is 2.19. The molecule has 0 aliphatic carbocycles. The lowest BCUT2D eigenvalue weighted by atomic mass is 10.1. The minimum Gasteiger partial charge on any atom is -0.462 e. The van der Waals surface area contributed by atoms with Crippen molar-refractivity contribution in [2.24, 2.45) is 0 Å². The van der Waals surface area contributed by atoms with Crippen LogP contribution in [0, 0.1) is 0 Å². The Labute approximate surface area is 191 Å². The Hall–Kier alpha value is -3.50. The molecule has 3 aromatic rings. The Morgan fingerprint density at radius 1 is 1.03 bits per heavy atom. The third kappa shape index (κ3) is 4.96. The van der Waals surface area contributed by atoms with Crippen LogP contribution in [0.4, 0.5) is 5.69 Å². The summed E-state index contributed by atoms with van der Waals surface area (Å²) in [6, 6.07) is 10.3. The number of hydrogen-bond donors (Lipinski definition) is 2. The molecule has 1 aromatic heterocycles. The van der Waals surface area contributed by atoms with Crippen LogP contribution in [0.5, 0.6) is 0 Å². The average Bonchev–Trinajstić information content (AvgIpc) is 2.80. The maximum atomic E-state index is 12.7. The van der Waals surface area contributed by atoms with Gasteiger partial charge in [-0.05, 0) is 49.4 Å². The van der Waals surface area contributed by atoms with Crippen LogP contribution in [0.3, 0.4) is 0 Å². The lowest BCUT2D eigenvalue weighted by Gasteiger charge is -2.18. The van der Waals surface area contributed by atoms with E-state index in [0.717, 1.165) is 0 Å². The summed E-state index contributed by atoms with van der Waals surface area (Å²) in [5, 5.41) is 2.91. The maximum Gasteiger partial charge on any atom is 0.343 e. The number of sulfonamides is 1. The second kappa shape index (κ2) is 9.97. The number of carbonyl (C=O) groups is 2. The van der Waals surface area contributed by atoms with Gasteiger partial charge in [0.25, 0.3) is 5.91 Å². The van der Waals surface area contributed by atoms with Gasteiger partial charge in [0.1, 0.15) is 5.56 Å². The number of nitrogens with zero attached hydrogens (tertiary/aromatic N) is 1. The molecule has 0 saturated carbocycles. The molecule has 2 N–H and O–H groups in total.